The van der Waals surface area contributed by atoms with Gasteiger partial charge in [0.15, 0.2) is 0 Å². The summed E-state index contributed by atoms with van der Waals surface area (Å²) in [4.78, 5) is 12.8. The second-order valence-electron chi connectivity index (χ2n) is 3.32. The molecule has 1 amide bonds. The van der Waals surface area contributed by atoms with Gasteiger partial charge in [0.2, 0.25) is 5.91 Å². The summed E-state index contributed by atoms with van der Waals surface area (Å²) in [7, 11) is 3.47. The highest BCUT2D eigenvalue weighted by Gasteiger charge is 2.04. The molecular weight excluding hydrogens is 258 g/mol. The molecule has 1 aromatic rings. The quantitative estimate of drug-likeness (QED) is 0.841. The molecule has 4 heteroatoms. The van der Waals surface area contributed by atoms with Gasteiger partial charge in [0.25, 0.3) is 0 Å². The highest BCUT2D eigenvalue weighted by Crippen LogP contribution is 2.23. The molecule has 1 aromatic carbocycles. The number of hydrogen-bond acceptors (Lipinski definition) is 2. The third-order valence-corrected chi connectivity index (χ3v) is 2.56. The number of ether oxygens (including phenoxy) is 1. The Morgan fingerprint density at radius 3 is 2.67 bits per heavy atom. The molecule has 0 aliphatic heterocycles. The van der Waals surface area contributed by atoms with Crippen molar-refractivity contribution in [2.24, 2.45) is 0 Å². The number of amides is 1. The van der Waals surface area contributed by atoms with E-state index in [1.807, 2.05) is 24.3 Å². The number of benzene rings is 1. The lowest BCUT2D eigenvalue weighted by Crippen LogP contribution is -2.23. The molecular formula is C11H14BrNO2. The van der Waals surface area contributed by atoms with E-state index in [9.17, 15) is 4.79 Å². The van der Waals surface area contributed by atoms with Gasteiger partial charge >= 0.3 is 0 Å². The predicted octanol–water partition coefficient (Wildman–Crippen LogP) is 2.31. The zero-order valence-electron chi connectivity index (χ0n) is 8.87. The number of halogens is 1. The summed E-state index contributed by atoms with van der Waals surface area (Å²) in [5, 5.41) is 0. The molecule has 0 spiro atoms. The van der Waals surface area contributed by atoms with Gasteiger partial charge in [0.05, 0.1) is 17.5 Å². The van der Waals surface area contributed by atoms with Gasteiger partial charge in [-0.25, -0.2) is 0 Å². The molecule has 0 unspecified atom stereocenters. The Bertz CT molecular complexity index is 339. The smallest absolute Gasteiger partial charge is 0.225 e. The molecule has 0 saturated carbocycles. The van der Waals surface area contributed by atoms with E-state index in [4.69, 9.17) is 4.74 Å². The predicted molar refractivity (Wildman–Crippen MR) is 62.9 cm³/mol. The van der Waals surface area contributed by atoms with Crippen LogP contribution in [0.15, 0.2) is 28.7 Å². The zero-order valence-corrected chi connectivity index (χ0v) is 10.5. The summed E-state index contributed by atoms with van der Waals surface area (Å²) in [5.41, 5.74) is 0. The van der Waals surface area contributed by atoms with E-state index in [0.717, 1.165) is 10.2 Å². The summed E-state index contributed by atoms with van der Waals surface area (Å²) in [5.74, 6) is 0.839. The number of para-hydroxylation sites is 1. The number of rotatable bonds is 4. The van der Waals surface area contributed by atoms with Gasteiger partial charge in [-0.05, 0) is 28.1 Å². The maximum Gasteiger partial charge on any atom is 0.225 e. The molecule has 0 N–H and O–H groups in total. The molecule has 0 atom stereocenters. The highest BCUT2D eigenvalue weighted by atomic mass is 79.9. The van der Waals surface area contributed by atoms with Crippen LogP contribution < -0.4 is 4.74 Å². The Hall–Kier alpha value is -1.03. The summed E-state index contributed by atoms with van der Waals surface area (Å²) >= 11 is 3.37. The van der Waals surface area contributed by atoms with Crippen molar-refractivity contribution in [3.63, 3.8) is 0 Å². The Balaban J connectivity index is 2.38. The van der Waals surface area contributed by atoms with E-state index in [2.05, 4.69) is 15.9 Å². The van der Waals surface area contributed by atoms with Crippen LogP contribution in [0.4, 0.5) is 0 Å². The van der Waals surface area contributed by atoms with Crippen LogP contribution in [0.5, 0.6) is 5.75 Å². The van der Waals surface area contributed by atoms with Crippen LogP contribution in [0.25, 0.3) is 0 Å². The highest BCUT2D eigenvalue weighted by molar-refractivity contribution is 9.10. The van der Waals surface area contributed by atoms with Gasteiger partial charge in [-0.15, -0.1) is 0 Å². The molecule has 0 aliphatic carbocycles. The van der Waals surface area contributed by atoms with E-state index >= 15 is 0 Å². The molecule has 15 heavy (non-hydrogen) atoms. The van der Waals surface area contributed by atoms with Crippen LogP contribution in [-0.2, 0) is 4.79 Å². The summed E-state index contributed by atoms with van der Waals surface area (Å²) < 4.78 is 6.37. The lowest BCUT2D eigenvalue weighted by Gasteiger charge is -2.11. The molecule has 0 radical (unpaired) electrons. The fourth-order valence-corrected chi connectivity index (χ4v) is 1.43. The Kier molecular flexibility index (Phi) is 4.62. The minimum absolute atomic E-state index is 0.0713. The second kappa shape index (κ2) is 5.75. The standard InChI is InChI=1S/C11H14BrNO2/c1-13(2)11(14)7-8-15-10-6-4-3-5-9(10)12/h3-6H,7-8H2,1-2H3. The van der Waals surface area contributed by atoms with Crippen molar-refractivity contribution in [3.8, 4) is 5.75 Å². The van der Waals surface area contributed by atoms with Crippen molar-refractivity contribution in [2.75, 3.05) is 20.7 Å². The lowest BCUT2D eigenvalue weighted by atomic mass is 10.3. The molecule has 0 aromatic heterocycles. The van der Waals surface area contributed by atoms with Gasteiger partial charge in [0.1, 0.15) is 5.75 Å². The number of hydrogen-bond donors (Lipinski definition) is 0. The van der Waals surface area contributed by atoms with Crippen molar-refractivity contribution in [2.45, 2.75) is 6.42 Å². The first kappa shape index (κ1) is 12.0. The Morgan fingerprint density at radius 1 is 1.40 bits per heavy atom. The fourth-order valence-electron chi connectivity index (χ4n) is 1.03. The minimum atomic E-state index is 0.0713. The van der Waals surface area contributed by atoms with E-state index in [-0.39, 0.29) is 5.91 Å². The maximum atomic E-state index is 11.3. The van der Waals surface area contributed by atoms with Gasteiger partial charge in [-0.2, -0.15) is 0 Å². The first-order chi connectivity index (χ1) is 7.11. The van der Waals surface area contributed by atoms with Crippen LogP contribution in [0.3, 0.4) is 0 Å². The average Bonchev–Trinajstić information content (AvgIpc) is 2.20. The SMILES string of the molecule is CN(C)C(=O)CCOc1ccccc1Br. The molecule has 0 aliphatic rings. The monoisotopic (exact) mass is 271 g/mol. The Labute approximate surface area is 98.2 Å². The van der Waals surface area contributed by atoms with Crippen LogP contribution in [0.1, 0.15) is 6.42 Å². The van der Waals surface area contributed by atoms with Gasteiger partial charge in [-0.3, -0.25) is 4.79 Å². The van der Waals surface area contributed by atoms with Gasteiger partial charge in [-0.1, -0.05) is 12.1 Å². The number of nitrogens with zero attached hydrogens (tertiary/aromatic N) is 1. The largest absolute Gasteiger partial charge is 0.492 e. The summed E-state index contributed by atoms with van der Waals surface area (Å²) in [6, 6.07) is 7.59. The van der Waals surface area contributed by atoms with Crippen molar-refractivity contribution < 1.29 is 9.53 Å². The normalized spacial score (nSPS) is 9.80. The lowest BCUT2D eigenvalue weighted by molar-refractivity contribution is -0.129. The summed E-state index contributed by atoms with van der Waals surface area (Å²) in [6.45, 7) is 0.402. The van der Waals surface area contributed by atoms with Crippen molar-refractivity contribution in [1.82, 2.24) is 4.90 Å². The summed E-state index contributed by atoms with van der Waals surface area (Å²) in [6.07, 6.45) is 0.397. The molecule has 1 rings (SSSR count). The van der Waals surface area contributed by atoms with E-state index in [0.29, 0.717) is 13.0 Å². The third kappa shape index (κ3) is 3.91. The first-order valence-electron chi connectivity index (χ1n) is 4.68. The van der Waals surface area contributed by atoms with Gasteiger partial charge < -0.3 is 9.64 Å². The maximum absolute atomic E-state index is 11.3. The molecule has 0 bridgehead atoms. The van der Waals surface area contributed by atoms with Crippen molar-refractivity contribution in [1.29, 1.82) is 0 Å². The molecule has 0 fully saturated rings. The van der Waals surface area contributed by atoms with E-state index < -0.39 is 0 Å². The van der Waals surface area contributed by atoms with Crippen LogP contribution in [0.2, 0.25) is 0 Å². The van der Waals surface area contributed by atoms with Gasteiger partial charge in [0, 0.05) is 14.1 Å². The fraction of sp³-hybridized carbons (Fsp3) is 0.364. The second-order valence-corrected chi connectivity index (χ2v) is 4.17. The first-order valence-corrected chi connectivity index (χ1v) is 5.48. The van der Waals surface area contributed by atoms with Crippen LogP contribution >= 0.6 is 15.9 Å². The zero-order chi connectivity index (χ0) is 11.3. The number of carbonyl (C=O) groups is 1. The number of carbonyl (C=O) groups excluding carboxylic acids is 1. The Morgan fingerprint density at radius 2 is 2.07 bits per heavy atom. The molecule has 0 saturated heterocycles. The molecule has 82 valence electrons. The third-order valence-electron chi connectivity index (χ3n) is 1.91. The minimum Gasteiger partial charge on any atom is -0.492 e. The molecule has 3 nitrogen and oxygen atoms in total. The van der Waals surface area contributed by atoms with Crippen LogP contribution in [-0.4, -0.2) is 31.5 Å². The average molecular weight is 272 g/mol. The van der Waals surface area contributed by atoms with Crippen molar-refractivity contribution in [3.05, 3.63) is 28.7 Å². The topological polar surface area (TPSA) is 29.5 Å². The van der Waals surface area contributed by atoms with E-state index in [1.165, 1.54) is 0 Å². The van der Waals surface area contributed by atoms with Crippen LogP contribution in [0, 0.1) is 0 Å². The van der Waals surface area contributed by atoms with Crippen molar-refractivity contribution >= 4 is 21.8 Å². The molecule has 0 heterocycles. The van der Waals surface area contributed by atoms with E-state index in [1.54, 1.807) is 19.0 Å².